The number of imidazole rings is 1. The summed E-state index contributed by atoms with van der Waals surface area (Å²) in [6, 6.07) is 10.6. The van der Waals surface area contributed by atoms with Gasteiger partial charge in [-0.3, -0.25) is 0 Å². The summed E-state index contributed by atoms with van der Waals surface area (Å²) in [6.45, 7) is 1.22. The molecule has 0 N–H and O–H groups in total. The van der Waals surface area contributed by atoms with Gasteiger partial charge in [0.25, 0.3) is 0 Å². The topological polar surface area (TPSA) is 54.7 Å². The Balaban J connectivity index is 1.63. The van der Waals surface area contributed by atoms with Crippen LogP contribution >= 0.6 is 11.6 Å². The summed E-state index contributed by atoms with van der Waals surface area (Å²) >= 11 is 6.01. The van der Waals surface area contributed by atoms with Crippen LogP contribution in [0.4, 0.5) is 0 Å². The number of nitrogens with zero attached hydrogens (tertiary/aromatic N) is 3. The lowest BCUT2D eigenvalue weighted by Gasteiger charge is -2.19. The quantitative estimate of drug-likeness (QED) is 0.673. The van der Waals surface area contributed by atoms with E-state index in [1.807, 2.05) is 28.8 Å². The smallest absolute Gasteiger partial charge is 0.243 e. The average Bonchev–Trinajstić information content (AvgIpc) is 2.86. The van der Waals surface area contributed by atoms with E-state index < -0.39 is 10.0 Å². The van der Waals surface area contributed by atoms with Gasteiger partial charge in [0.15, 0.2) is 0 Å². The monoisotopic (exact) mass is 389 g/mol. The maximum atomic E-state index is 12.9. The average molecular weight is 390 g/mol. The van der Waals surface area contributed by atoms with Crippen LogP contribution in [-0.4, -0.2) is 35.2 Å². The summed E-state index contributed by atoms with van der Waals surface area (Å²) in [5.41, 5.74) is 2.45. The molecule has 0 spiro atoms. The summed E-state index contributed by atoms with van der Waals surface area (Å²) in [5, 5.41) is 0.639. The van der Waals surface area contributed by atoms with Crippen LogP contribution in [0.15, 0.2) is 53.7 Å². The molecule has 1 aromatic carbocycles. The van der Waals surface area contributed by atoms with E-state index in [9.17, 15) is 8.42 Å². The Morgan fingerprint density at radius 2 is 1.58 bits per heavy atom. The minimum atomic E-state index is -3.42. The number of rotatable bonds is 3. The van der Waals surface area contributed by atoms with E-state index in [2.05, 4.69) is 4.98 Å². The molecule has 1 aliphatic rings. The third kappa shape index (κ3) is 3.37. The molecule has 7 heteroatoms. The van der Waals surface area contributed by atoms with Gasteiger partial charge in [0.2, 0.25) is 10.0 Å². The van der Waals surface area contributed by atoms with Crippen LogP contribution in [0.1, 0.15) is 25.7 Å². The molecule has 4 rings (SSSR count). The fraction of sp³-hybridized carbons (Fsp3) is 0.316. The number of sulfonamides is 1. The zero-order valence-electron chi connectivity index (χ0n) is 14.3. The number of benzene rings is 1. The predicted molar refractivity (Wildman–Crippen MR) is 103 cm³/mol. The lowest BCUT2D eigenvalue weighted by molar-refractivity contribution is 0.424. The van der Waals surface area contributed by atoms with Crippen LogP contribution in [0.2, 0.25) is 5.02 Å². The van der Waals surface area contributed by atoms with E-state index in [4.69, 9.17) is 11.6 Å². The van der Waals surface area contributed by atoms with E-state index in [1.54, 1.807) is 28.7 Å². The molecule has 2 aromatic heterocycles. The van der Waals surface area contributed by atoms with Gasteiger partial charge >= 0.3 is 0 Å². The maximum absolute atomic E-state index is 12.9. The van der Waals surface area contributed by atoms with Gasteiger partial charge in [-0.25, -0.2) is 13.4 Å². The van der Waals surface area contributed by atoms with E-state index in [0.717, 1.165) is 42.6 Å². The third-order valence-corrected chi connectivity index (χ3v) is 6.90. The van der Waals surface area contributed by atoms with Gasteiger partial charge in [-0.2, -0.15) is 4.31 Å². The molecule has 5 nitrogen and oxygen atoms in total. The van der Waals surface area contributed by atoms with Gasteiger partial charge in [0.1, 0.15) is 5.65 Å². The fourth-order valence-corrected chi connectivity index (χ4v) is 5.02. The first kappa shape index (κ1) is 17.5. The molecule has 0 aliphatic carbocycles. The predicted octanol–water partition coefficient (Wildman–Crippen LogP) is 4.22. The highest BCUT2D eigenvalue weighted by molar-refractivity contribution is 7.89. The number of hydrogen-bond donors (Lipinski definition) is 0. The lowest BCUT2D eigenvalue weighted by atomic mass is 10.2. The molecule has 1 aliphatic heterocycles. The summed E-state index contributed by atoms with van der Waals surface area (Å²) in [7, 11) is -3.42. The standard InChI is InChI=1S/C19H20ClN3O2S/c20-16-7-10-19-21-18(14-22(19)13-16)15-5-8-17(9-6-15)26(24,25)23-11-3-1-2-4-12-23/h5-10,13-14H,1-4,11-12H2. The summed E-state index contributed by atoms with van der Waals surface area (Å²) in [5.74, 6) is 0. The van der Waals surface area contributed by atoms with Gasteiger partial charge in [0.05, 0.1) is 15.6 Å². The Bertz CT molecular complexity index is 1020. The van der Waals surface area contributed by atoms with Crippen LogP contribution in [-0.2, 0) is 10.0 Å². The molecule has 3 aromatic rings. The minimum absolute atomic E-state index is 0.343. The fourth-order valence-electron chi connectivity index (χ4n) is 3.33. The van der Waals surface area contributed by atoms with Crippen molar-refractivity contribution in [2.45, 2.75) is 30.6 Å². The second-order valence-corrected chi connectivity index (χ2v) is 8.96. The molecule has 0 saturated carbocycles. The zero-order valence-corrected chi connectivity index (χ0v) is 15.9. The van der Waals surface area contributed by atoms with Crippen molar-refractivity contribution in [1.82, 2.24) is 13.7 Å². The van der Waals surface area contributed by atoms with Crippen molar-refractivity contribution in [2.24, 2.45) is 0 Å². The summed E-state index contributed by atoms with van der Waals surface area (Å²) in [6.07, 6.45) is 7.75. The number of hydrogen-bond acceptors (Lipinski definition) is 3. The van der Waals surface area contributed by atoms with Crippen molar-refractivity contribution >= 4 is 27.3 Å². The largest absolute Gasteiger partial charge is 0.305 e. The van der Waals surface area contributed by atoms with Crippen LogP contribution in [0.5, 0.6) is 0 Å². The van der Waals surface area contributed by atoms with Crippen molar-refractivity contribution in [2.75, 3.05) is 13.1 Å². The van der Waals surface area contributed by atoms with E-state index in [1.165, 1.54) is 0 Å². The molecule has 1 saturated heterocycles. The molecule has 0 unspecified atom stereocenters. The highest BCUT2D eigenvalue weighted by Gasteiger charge is 2.25. The molecule has 1 fully saturated rings. The molecule has 0 atom stereocenters. The van der Waals surface area contributed by atoms with E-state index >= 15 is 0 Å². The number of fused-ring (bicyclic) bond motifs is 1. The molecule has 3 heterocycles. The van der Waals surface area contributed by atoms with Gasteiger partial charge in [-0.1, -0.05) is 36.6 Å². The van der Waals surface area contributed by atoms with Gasteiger partial charge in [0, 0.05) is 31.0 Å². The Hall–Kier alpha value is -1.89. The van der Waals surface area contributed by atoms with Gasteiger partial charge < -0.3 is 4.40 Å². The molecule has 136 valence electrons. The van der Waals surface area contributed by atoms with Crippen molar-refractivity contribution in [3.05, 3.63) is 53.8 Å². The van der Waals surface area contributed by atoms with E-state index in [0.29, 0.717) is 23.0 Å². The molecular formula is C19H20ClN3O2S. The Morgan fingerprint density at radius 1 is 0.885 bits per heavy atom. The van der Waals surface area contributed by atoms with Crippen LogP contribution in [0.3, 0.4) is 0 Å². The maximum Gasteiger partial charge on any atom is 0.243 e. The molecule has 0 amide bonds. The van der Waals surface area contributed by atoms with Gasteiger partial charge in [-0.15, -0.1) is 0 Å². The van der Waals surface area contributed by atoms with Gasteiger partial charge in [-0.05, 0) is 37.1 Å². The second kappa shape index (κ2) is 7.02. The number of aromatic nitrogens is 2. The first-order chi connectivity index (χ1) is 12.5. The van der Waals surface area contributed by atoms with Crippen molar-refractivity contribution in [3.8, 4) is 11.3 Å². The van der Waals surface area contributed by atoms with Crippen molar-refractivity contribution in [3.63, 3.8) is 0 Å². The Kier molecular flexibility index (Phi) is 4.73. The SMILES string of the molecule is O=S(=O)(c1ccc(-c2cn3cc(Cl)ccc3n2)cc1)N1CCCCCC1. The van der Waals surface area contributed by atoms with Crippen molar-refractivity contribution in [1.29, 1.82) is 0 Å². The Labute approximate surface area is 158 Å². The van der Waals surface area contributed by atoms with E-state index in [-0.39, 0.29) is 0 Å². The van der Waals surface area contributed by atoms with Crippen LogP contribution < -0.4 is 0 Å². The lowest BCUT2D eigenvalue weighted by Crippen LogP contribution is -2.31. The summed E-state index contributed by atoms with van der Waals surface area (Å²) < 4.78 is 29.2. The first-order valence-corrected chi connectivity index (χ1v) is 10.6. The zero-order chi connectivity index (χ0) is 18.1. The highest BCUT2D eigenvalue weighted by Crippen LogP contribution is 2.25. The van der Waals surface area contributed by atoms with Crippen LogP contribution in [0, 0.1) is 0 Å². The third-order valence-electron chi connectivity index (χ3n) is 4.77. The minimum Gasteiger partial charge on any atom is -0.305 e. The Morgan fingerprint density at radius 3 is 2.27 bits per heavy atom. The highest BCUT2D eigenvalue weighted by atomic mass is 35.5. The molecule has 26 heavy (non-hydrogen) atoms. The second-order valence-electron chi connectivity index (χ2n) is 6.58. The summed E-state index contributed by atoms with van der Waals surface area (Å²) in [4.78, 5) is 4.91. The molecule has 0 bridgehead atoms. The van der Waals surface area contributed by atoms with Crippen LogP contribution in [0.25, 0.3) is 16.9 Å². The number of halogens is 1. The number of pyridine rings is 1. The van der Waals surface area contributed by atoms with Crippen molar-refractivity contribution < 1.29 is 8.42 Å². The molecule has 0 radical (unpaired) electrons. The first-order valence-electron chi connectivity index (χ1n) is 8.79. The molecular weight excluding hydrogens is 370 g/mol. The normalized spacial score (nSPS) is 16.7.